The number of methoxy groups -OCH3 is 2. The molecule has 1 amide bonds. The molecule has 5 heteroatoms. The number of para-hydroxylation sites is 1. The van der Waals surface area contributed by atoms with Gasteiger partial charge in [-0.05, 0) is 29.3 Å². The average Bonchev–Trinajstić information content (AvgIpc) is 3.09. The van der Waals surface area contributed by atoms with Gasteiger partial charge in [-0.1, -0.05) is 38.1 Å². The molecule has 142 valence electrons. The summed E-state index contributed by atoms with van der Waals surface area (Å²) in [7, 11) is 3.24. The van der Waals surface area contributed by atoms with Crippen molar-refractivity contribution in [3.63, 3.8) is 0 Å². The van der Waals surface area contributed by atoms with Gasteiger partial charge in [0, 0.05) is 29.1 Å². The number of rotatable bonds is 7. The largest absolute Gasteiger partial charge is 0.493 e. The van der Waals surface area contributed by atoms with Crippen LogP contribution in [0.25, 0.3) is 10.9 Å². The molecule has 0 saturated carbocycles. The van der Waals surface area contributed by atoms with Gasteiger partial charge in [0.1, 0.15) is 0 Å². The van der Waals surface area contributed by atoms with Crippen LogP contribution in [0.2, 0.25) is 0 Å². The quantitative estimate of drug-likeness (QED) is 0.668. The third-order valence-electron chi connectivity index (χ3n) is 4.92. The first-order valence-electron chi connectivity index (χ1n) is 8.99. The average molecular weight is 366 g/mol. The lowest BCUT2D eigenvalue weighted by atomic mass is 9.84. The van der Waals surface area contributed by atoms with Crippen LogP contribution in [0.5, 0.6) is 11.5 Å². The standard InChI is InChI=1S/C22H26N2O3/c1-22(2,16-9-10-19(26-3)20(12-16)27-4)14-24-21(25)11-15-13-23-18-8-6-5-7-17(15)18/h5-10,12-13,23H,11,14H2,1-4H3,(H,24,25). The van der Waals surface area contributed by atoms with E-state index in [0.29, 0.717) is 24.5 Å². The van der Waals surface area contributed by atoms with E-state index in [2.05, 4.69) is 24.1 Å². The van der Waals surface area contributed by atoms with E-state index >= 15 is 0 Å². The molecule has 2 aromatic carbocycles. The predicted octanol–water partition coefficient (Wildman–Crippen LogP) is 3.82. The highest BCUT2D eigenvalue weighted by atomic mass is 16.5. The number of aromatic nitrogens is 1. The van der Waals surface area contributed by atoms with Gasteiger partial charge < -0.3 is 19.8 Å². The third kappa shape index (κ3) is 4.08. The number of nitrogens with one attached hydrogen (secondary N) is 2. The highest BCUT2D eigenvalue weighted by molar-refractivity contribution is 5.88. The zero-order chi connectivity index (χ0) is 19.4. The van der Waals surface area contributed by atoms with Crippen molar-refractivity contribution in [2.24, 2.45) is 0 Å². The summed E-state index contributed by atoms with van der Waals surface area (Å²) >= 11 is 0. The van der Waals surface area contributed by atoms with E-state index in [1.165, 1.54) is 0 Å². The first-order chi connectivity index (χ1) is 12.9. The fraction of sp³-hybridized carbons (Fsp3) is 0.318. The molecular formula is C22H26N2O3. The molecule has 3 rings (SSSR count). The molecule has 27 heavy (non-hydrogen) atoms. The van der Waals surface area contributed by atoms with Gasteiger partial charge in [0.25, 0.3) is 0 Å². The van der Waals surface area contributed by atoms with Crippen LogP contribution in [0.3, 0.4) is 0 Å². The highest BCUT2D eigenvalue weighted by Gasteiger charge is 2.23. The summed E-state index contributed by atoms with van der Waals surface area (Å²) in [6, 6.07) is 13.9. The molecule has 0 unspecified atom stereocenters. The fourth-order valence-corrected chi connectivity index (χ4v) is 3.19. The number of carbonyl (C=O) groups excluding carboxylic acids is 1. The minimum absolute atomic E-state index is 0.00769. The van der Waals surface area contributed by atoms with Crippen molar-refractivity contribution in [1.29, 1.82) is 0 Å². The molecule has 0 fully saturated rings. The molecule has 0 aliphatic rings. The number of ether oxygens (including phenoxy) is 2. The molecule has 1 heterocycles. The van der Waals surface area contributed by atoms with Crippen LogP contribution in [0.15, 0.2) is 48.7 Å². The third-order valence-corrected chi connectivity index (χ3v) is 4.92. The zero-order valence-corrected chi connectivity index (χ0v) is 16.3. The molecule has 0 bridgehead atoms. The smallest absolute Gasteiger partial charge is 0.224 e. The van der Waals surface area contributed by atoms with Gasteiger partial charge in [-0.25, -0.2) is 0 Å². The highest BCUT2D eigenvalue weighted by Crippen LogP contribution is 2.32. The molecular weight excluding hydrogens is 340 g/mol. The molecule has 0 spiro atoms. The van der Waals surface area contributed by atoms with E-state index in [1.807, 2.05) is 48.7 Å². The number of benzene rings is 2. The molecule has 0 atom stereocenters. The monoisotopic (exact) mass is 366 g/mol. The summed E-state index contributed by atoms with van der Waals surface area (Å²) in [5.74, 6) is 1.39. The van der Waals surface area contributed by atoms with Crippen LogP contribution in [-0.4, -0.2) is 31.7 Å². The summed E-state index contributed by atoms with van der Waals surface area (Å²) in [5, 5.41) is 4.16. The maximum atomic E-state index is 12.5. The van der Waals surface area contributed by atoms with Crippen LogP contribution in [-0.2, 0) is 16.6 Å². The summed E-state index contributed by atoms with van der Waals surface area (Å²) in [6.07, 6.45) is 2.26. The predicted molar refractivity (Wildman–Crippen MR) is 108 cm³/mol. The van der Waals surface area contributed by atoms with Crippen LogP contribution in [0, 0.1) is 0 Å². The van der Waals surface area contributed by atoms with Gasteiger partial charge in [0.2, 0.25) is 5.91 Å². The molecule has 3 aromatic rings. The number of hydrogen-bond donors (Lipinski definition) is 2. The summed E-state index contributed by atoms with van der Waals surface area (Å²) in [5.41, 5.74) is 2.89. The topological polar surface area (TPSA) is 63.3 Å². The van der Waals surface area contributed by atoms with Crippen molar-refractivity contribution in [3.05, 3.63) is 59.8 Å². The van der Waals surface area contributed by atoms with Gasteiger partial charge >= 0.3 is 0 Å². The van der Waals surface area contributed by atoms with Gasteiger partial charge in [-0.2, -0.15) is 0 Å². The molecule has 0 radical (unpaired) electrons. The lowest BCUT2D eigenvalue weighted by Gasteiger charge is -2.26. The second kappa shape index (κ2) is 7.74. The lowest BCUT2D eigenvalue weighted by Crippen LogP contribution is -2.37. The van der Waals surface area contributed by atoms with Crippen molar-refractivity contribution < 1.29 is 14.3 Å². The number of H-pyrrole nitrogens is 1. The van der Waals surface area contributed by atoms with Gasteiger partial charge in [0.05, 0.1) is 20.6 Å². The zero-order valence-electron chi connectivity index (χ0n) is 16.3. The molecule has 1 aromatic heterocycles. The van der Waals surface area contributed by atoms with Crippen LogP contribution in [0.4, 0.5) is 0 Å². The second-order valence-corrected chi connectivity index (χ2v) is 7.27. The molecule has 0 saturated heterocycles. The van der Waals surface area contributed by atoms with Crippen molar-refractivity contribution in [2.45, 2.75) is 25.7 Å². The Morgan fingerprint density at radius 1 is 1.07 bits per heavy atom. The van der Waals surface area contributed by atoms with E-state index in [4.69, 9.17) is 9.47 Å². The SMILES string of the molecule is COc1ccc(C(C)(C)CNC(=O)Cc2c[nH]c3ccccc23)cc1OC. The maximum absolute atomic E-state index is 12.5. The molecule has 2 N–H and O–H groups in total. The van der Waals surface area contributed by atoms with Crippen LogP contribution >= 0.6 is 0 Å². The van der Waals surface area contributed by atoms with E-state index in [9.17, 15) is 4.79 Å². The van der Waals surface area contributed by atoms with E-state index in [1.54, 1.807) is 14.2 Å². The number of hydrogen-bond acceptors (Lipinski definition) is 3. The maximum Gasteiger partial charge on any atom is 0.224 e. The number of fused-ring (bicyclic) bond motifs is 1. The van der Waals surface area contributed by atoms with Gasteiger partial charge in [0.15, 0.2) is 11.5 Å². The van der Waals surface area contributed by atoms with Crippen LogP contribution < -0.4 is 14.8 Å². The Bertz CT molecular complexity index is 944. The second-order valence-electron chi connectivity index (χ2n) is 7.27. The van der Waals surface area contributed by atoms with Crippen molar-refractivity contribution >= 4 is 16.8 Å². The Labute approximate surface area is 159 Å². The Morgan fingerprint density at radius 3 is 2.56 bits per heavy atom. The summed E-state index contributed by atoms with van der Waals surface area (Å²) in [6.45, 7) is 4.73. The molecule has 0 aliphatic heterocycles. The van der Waals surface area contributed by atoms with Crippen molar-refractivity contribution in [1.82, 2.24) is 10.3 Å². The number of aromatic amines is 1. The minimum Gasteiger partial charge on any atom is -0.493 e. The Hall–Kier alpha value is -2.95. The van der Waals surface area contributed by atoms with Crippen molar-refractivity contribution in [2.75, 3.05) is 20.8 Å². The van der Waals surface area contributed by atoms with Crippen LogP contribution in [0.1, 0.15) is 25.0 Å². The summed E-state index contributed by atoms with van der Waals surface area (Å²) in [4.78, 5) is 15.7. The van der Waals surface area contributed by atoms with E-state index < -0.39 is 0 Å². The summed E-state index contributed by atoms with van der Waals surface area (Å²) < 4.78 is 10.7. The normalized spacial score (nSPS) is 11.4. The lowest BCUT2D eigenvalue weighted by molar-refractivity contribution is -0.120. The number of amides is 1. The van der Waals surface area contributed by atoms with E-state index in [0.717, 1.165) is 22.0 Å². The Morgan fingerprint density at radius 2 is 1.81 bits per heavy atom. The minimum atomic E-state index is -0.241. The van der Waals surface area contributed by atoms with E-state index in [-0.39, 0.29) is 11.3 Å². The fourth-order valence-electron chi connectivity index (χ4n) is 3.19. The molecule has 5 nitrogen and oxygen atoms in total. The van der Waals surface area contributed by atoms with Crippen molar-refractivity contribution in [3.8, 4) is 11.5 Å². The van der Waals surface area contributed by atoms with Gasteiger partial charge in [-0.15, -0.1) is 0 Å². The first kappa shape index (κ1) is 18.8. The Balaban J connectivity index is 1.67. The van der Waals surface area contributed by atoms with Gasteiger partial charge in [-0.3, -0.25) is 4.79 Å². The molecule has 0 aliphatic carbocycles. The number of carbonyl (C=O) groups is 1. The first-order valence-corrected chi connectivity index (χ1v) is 8.99. The Kier molecular flexibility index (Phi) is 5.40.